The number of benzene rings is 3. The molecule has 0 aromatic heterocycles. The summed E-state index contributed by atoms with van der Waals surface area (Å²) < 4.78 is 0. The lowest BCUT2D eigenvalue weighted by molar-refractivity contribution is -0.141. The van der Waals surface area contributed by atoms with Crippen molar-refractivity contribution in [2.45, 2.75) is 32.4 Å². The molecule has 0 spiro atoms. The number of nitrogens with zero attached hydrogens (tertiary/aromatic N) is 1. The molecule has 31 heavy (non-hydrogen) atoms. The van der Waals surface area contributed by atoms with Gasteiger partial charge in [0.2, 0.25) is 11.8 Å². The Morgan fingerprint density at radius 3 is 2.10 bits per heavy atom. The van der Waals surface area contributed by atoms with Crippen LogP contribution in [0, 0.1) is 0 Å². The topological polar surface area (TPSA) is 49.4 Å². The minimum atomic E-state index is -0.708. The molecule has 1 N–H and O–H groups in total. The molecule has 5 heteroatoms. The third-order valence-electron chi connectivity index (χ3n) is 5.08. The summed E-state index contributed by atoms with van der Waals surface area (Å²) in [6.45, 7) is 2.69. The third-order valence-corrected chi connectivity index (χ3v) is 5.34. The van der Waals surface area contributed by atoms with Crippen LogP contribution in [0.25, 0.3) is 0 Å². The molecular weight excluding hydrogens is 408 g/mol. The number of hydrogen-bond donors (Lipinski definition) is 1. The smallest absolute Gasteiger partial charge is 0.247 e. The summed E-state index contributed by atoms with van der Waals surface area (Å²) in [5.74, 6) is -0.255. The molecule has 0 aliphatic carbocycles. The summed E-state index contributed by atoms with van der Waals surface area (Å²) in [6.07, 6.45) is 0.939. The van der Waals surface area contributed by atoms with E-state index in [0.29, 0.717) is 31.0 Å². The van der Waals surface area contributed by atoms with E-state index in [1.807, 2.05) is 79.7 Å². The maximum Gasteiger partial charge on any atom is 0.247 e. The number of likely N-dealkylation sites (N-methyl/N-ethyl adjacent to an activating group) is 1. The highest BCUT2D eigenvalue weighted by atomic mass is 35.5. The van der Waals surface area contributed by atoms with Crippen LogP contribution in [-0.2, 0) is 22.6 Å². The highest BCUT2D eigenvalue weighted by Crippen LogP contribution is 2.25. The van der Waals surface area contributed by atoms with Crippen LogP contribution in [0.3, 0.4) is 0 Å². The molecule has 0 aliphatic heterocycles. The first-order valence-corrected chi connectivity index (χ1v) is 10.9. The zero-order valence-electron chi connectivity index (χ0n) is 17.6. The van der Waals surface area contributed by atoms with Gasteiger partial charge < -0.3 is 10.2 Å². The van der Waals surface area contributed by atoms with Gasteiger partial charge in [-0.2, -0.15) is 0 Å². The number of carbonyl (C=O) groups is 2. The highest BCUT2D eigenvalue weighted by Gasteiger charge is 2.31. The minimum Gasteiger partial charge on any atom is -0.354 e. The number of halogens is 1. The van der Waals surface area contributed by atoms with Crippen molar-refractivity contribution in [2.24, 2.45) is 0 Å². The van der Waals surface area contributed by atoms with E-state index >= 15 is 0 Å². The van der Waals surface area contributed by atoms with E-state index in [-0.39, 0.29) is 11.8 Å². The minimum absolute atomic E-state index is 0.0705. The lowest BCUT2D eigenvalue weighted by Gasteiger charge is -2.31. The van der Waals surface area contributed by atoms with Crippen molar-refractivity contribution < 1.29 is 9.59 Å². The van der Waals surface area contributed by atoms with Crippen molar-refractivity contribution in [3.63, 3.8) is 0 Å². The number of aryl methyl sites for hydroxylation is 1. The van der Waals surface area contributed by atoms with Crippen LogP contribution in [-0.4, -0.2) is 23.3 Å². The molecule has 3 rings (SSSR count). The lowest BCUT2D eigenvalue weighted by Crippen LogP contribution is -2.43. The monoisotopic (exact) mass is 434 g/mol. The van der Waals surface area contributed by atoms with Gasteiger partial charge in [0.25, 0.3) is 0 Å². The standard InChI is InChI=1S/C26H27ClN2O2/c1-2-28-26(31)25(22-11-7-4-8-12-22)29(19-21-13-16-23(27)17-14-21)24(30)18-15-20-9-5-3-6-10-20/h3-14,16-17,25H,2,15,18-19H2,1H3,(H,28,31)/t25-/m0/s1. The predicted octanol–water partition coefficient (Wildman–Crippen LogP) is 5.18. The number of amides is 2. The van der Waals surface area contributed by atoms with Crippen molar-refractivity contribution in [2.75, 3.05) is 6.54 Å². The second-order valence-electron chi connectivity index (χ2n) is 7.34. The number of rotatable bonds is 9. The Morgan fingerprint density at radius 1 is 0.871 bits per heavy atom. The Hall–Kier alpha value is -3.11. The average Bonchev–Trinajstić information content (AvgIpc) is 2.80. The number of nitrogens with one attached hydrogen (secondary N) is 1. The first-order chi connectivity index (χ1) is 15.1. The van der Waals surface area contributed by atoms with Gasteiger partial charge in [0.05, 0.1) is 0 Å². The molecule has 0 unspecified atom stereocenters. The van der Waals surface area contributed by atoms with E-state index in [9.17, 15) is 9.59 Å². The normalized spacial score (nSPS) is 11.5. The lowest BCUT2D eigenvalue weighted by atomic mass is 10.0. The molecule has 1 atom stereocenters. The summed E-state index contributed by atoms with van der Waals surface area (Å²) in [5.41, 5.74) is 2.80. The molecule has 0 saturated carbocycles. The van der Waals surface area contributed by atoms with Gasteiger partial charge in [0.15, 0.2) is 0 Å². The van der Waals surface area contributed by atoms with Gasteiger partial charge in [0.1, 0.15) is 6.04 Å². The van der Waals surface area contributed by atoms with Crippen molar-refractivity contribution >= 4 is 23.4 Å². The first-order valence-electron chi connectivity index (χ1n) is 10.5. The summed E-state index contributed by atoms with van der Waals surface area (Å²) in [5, 5.41) is 3.53. The van der Waals surface area contributed by atoms with Gasteiger partial charge in [-0.15, -0.1) is 0 Å². The van der Waals surface area contributed by atoms with Crippen LogP contribution in [0.15, 0.2) is 84.9 Å². The van der Waals surface area contributed by atoms with E-state index in [0.717, 1.165) is 16.7 Å². The van der Waals surface area contributed by atoms with E-state index < -0.39 is 6.04 Å². The number of hydrogen-bond acceptors (Lipinski definition) is 2. The van der Waals surface area contributed by atoms with Crippen molar-refractivity contribution in [3.05, 3.63) is 107 Å². The zero-order valence-corrected chi connectivity index (χ0v) is 18.4. The van der Waals surface area contributed by atoms with E-state index in [4.69, 9.17) is 11.6 Å². The maximum absolute atomic E-state index is 13.4. The van der Waals surface area contributed by atoms with Crippen LogP contribution in [0.5, 0.6) is 0 Å². The predicted molar refractivity (Wildman–Crippen MR) is 125 cm³/mol. The molecule has 160 valence electrons. The van der Waals surface area contributed by atoms with Gasteiger partial charge in [0, 0.05) is 24.5 Å². The quantitative estimate of drug-likeness (QED) is 0.504. The summed E-state index contributed by atoms with van der Waals surface area (Å²) in [7, 11) is 0. The fraction of sp³-hybridized carbons (Fsp3) is 0.231. The molecule has 0 heterocycles. The van der Waals surface area contributed by atoms with Crippen molar-refractivity contribution in [1.82, 2.24) is 10.2 Å². The first kappa shape index (κ1) is 22.6. The molecule has 3 aromatic carbocycles. The SMILES string of the molecule is CCNC(=O)[C@H](c1ccccc1)N(Cc1ccc(Cl)cc1)C(=O)CCc1ccccc1. The Morgan fingerprint density at radius 2 is 1.48 bits per heavy atom. The molecule has 0 aliphatic rings. The fourth-order valence-corrected chi connectivity index (χ4v) is 3.65. The van der Waals surface area contributed by atoms with E-state index in [1.165, 1.54) is 0 Å². The van der Waals surface area contributed by atoms with Gasteiger partial charge in [-0.1, -0.05) is 84.4 Å². The Balaban J connectivity index is 1.91. The third kappa shape index (κ3) is 6.43. The summed E-state index contributed by atoms with van der Waals surface area (Å²) in [6, 6.07) is 26.0. The molecular formula is C26H27ClN2O2. The summed E-state index contributed by atoms with van der Waals surface area (Å²) in [4.78, 5) is 28.2. The maximum atomic E-state index is 13.4. The van der Waals surface area contributed by atoms with Crippen LogP contribution in [0.1, 0.15) is 36.1 Å². The zero-order chi connectivity index (χ0) is 22.1. The van der Waals surface area contributed by atoms with Crippen LogP contribution in [0.4, 0.5) is 0 Å². The molecule has 0 saturated heterocycles. The van der Waals surface area contributed by atoms with E-state index in [2.05, 4.69) is 5.32 Å². The molecule has 0 bridgehead atoms. The molecule has 3 aromatic rings. The van der Waals surface area contributed by atoms with E-state index in [1.54, 1.807) is 17.0 Å². The highest BCUT2D eigenvalue weighted by molar-refractivity contribution is 6.30. The van der Waals surface area contributed by atoms with Crippen molar-refractivity contribution in [3.8, 4) is 0 Å². The van der Waals surface area contributed by atoms with Gasteiger partial charge >= 0.3 is 0 Å². The van der Waals surface area contributed by atoms with Gasteiger partial charge in [-0.25, -0.2) is 0 Å². The average molecular weight is 435 g/mol. The Bertz CT molecular complexity index is 975. The largest absolute Gasteiger partial charge is 0.354 e. The Labute approximate surface area is 188 Å². The summed E-state index contributed by atoms with van der Waals surface area (Å²) >= 11 is 6.03. The molecule has 4 nitrogen and oxygen atoms in total. The van der Waals surface area contributed by atoms with Gasteiger partial charge in [-0.3, -0.25) is 9.59 Å². The fourth-order valence-electron chi connectivity index (χ4n) is 3.53. The number of carbonyl (C=O) groups excluding carboxylic acids is 2. The van der Waals surface area contributed by atoms with Crippen LogP contribution >= 0.6 is 11.6 Å². The van der Waals surface area contributed by atoms with Crippen LogP contribution < -0.4 is 5.32 Å². The molecule has 0 fully saturated rings. The Kier molecular flexibility index (Phi) is 8.25. The molecule has 0 radical (unpaired) electrons. The van der Waals surface area contributed by atoms with Crippen molar-refractivity contribution in [1.29, 1.82) is 0 Å². The van der Waals surface area contributed by atoms with Crippen LogP contribution in [0.2, 0.25) is 5.02 Å². The second kappa shape index (κ2) is 11.3. The second-order valence-corrected chi connectivity index (χ2v) is 7.78. The van der Waals surface area contributed by atoms with Gasteiger partial charge in [-0.05, 0) is 42.2 Å². The molecule has 2 amide bonds.